The molecule has 0 bridgehead atoms. The van der Waals surface area contributed by atoms with Crippen molar-refractivity contribution >= 4 is 11.4 Å². The second kappa shape index (κ2) is 2.27. The molecular formula is C8H8FN3. The molecule has 62 valence electrons. The number of hydrogen-bond acceptors (Lipinski definition) is 3. The number of hydrogen-bond donors (Lipinski definition) is 1. The van der Waals surface area contributed by atoms with Crippen LogP contribution in [0.25, 0.3) is 0 Å². The molecule has 2 N–H and O–H groups in total. The Balaban J connectivity index is 2.45. The summed E-state index contributed by atoms with van der Waals surface area (Å²) in [5.74, 6) is -0.648. The Morgan fingerprint density at radius 2 is 2.17 bits per heavy atom. The smallest absolute Gasteiger partial charge is 0.117 e. The summed E-state index contributed by atoms with van der Waals surface area (Å²) >= 11 is 0. The monoisotopic (exact) mass is 165 g/mol. The van der Waals surface area contributed by atoms with Crippen LogP contribution >= 0.6 is 0 Å². The maximum absolute atomic E-state index is 13.2. The summed E-state index contributed by atoms with van der Waals surface area (Å²) in [7, 11) is 0. The number of fused-ring (bicyclic) bond motifs is 1. The maximum Gasteiger partial charge on any atom is 0.117 e. The molecule has 0 aromatic rings. The third kappa shape index (κ3) is 0.879. The normalized spacial score (nSPS) is 27.0. The van der Waals surface area contributed by atoms with Crippen molar-refractivity contribution in [2.24, 2.45) is 21.9 Å². The van der Waals surface area contributed by atoms with Gasteiger partial charge in [0.15, 0.2) is 0 Å². The fraction of sp³-hybridized carbons (Fsp3) is 0.250. The molecule has 0 aromatic heterocycles. The SMILES string of the molecule is CC1=NN=C2C=C(N)C=C(F)[C@H]12. The highest BCUT2D eigenvalue weighted by molar-refractivity contribution is 6.17. The van der Waals surface area contributed by atoms with E-state index < -0.39 is 0 Å². The van der Waals surface area contributed by atoms with E-state index in [1.54, 1.807) is 13.0 Å². The van der Waals surface area contributed by atoms with Crippen molar-refractivity contribution in [2.45, 2.75) is 6.92 Å². The zero-order valence-corrected chi connectivity index (χ0v) is 6.58. The number of rotatable bonds is 0. The summed E-state index contributed by atoms with van der Waals surface area (Å²) in [5, 5.41) is 7.60. The number of halogens is 1. The summed E-state index contributed by atoms with van der Waals surface area (Å²) in [6.07, 6.45) is 2.96. The third-order valence-electron chi connectivity index (χ3n) is 1.93. The standard InChI is InChI=1S/C8H8FN3/c1-4-8-6(9)2-5(10)3-7(8)12-11-4/h2-3,8H,10H2,1H3/t8-/m0/s1. The van der Waals surface area contributed by atoms with E-state index in [9.17, 15) is 4.39 Å². The Bertz CT molecular complexity index is 349. The molecule has 0 radical (unpaired) electrons. The van der Waals surface area contributed by atoms with Crippen LogP contribution in [0.1, 0.15) is 6.92 Å². The Labute approximate surface area is 69.2 Å². The first-order chi connectivity index (χ1) is 5.68. The highest BCUT2D eigenvalue weighted by Gasteiger charge is 2.29. The molecular weight excluding hydrogens is 157 g/mol. The first-order valence-electron chi connectivity index (χ1n) is 3.65. The fourth-order valence-electron chi connectivity index (χ4n) is 1.37. The highest BCUT2D eigenvalue weighted by Crippen LogP contribution is 2.26. The van der Waals surface area contributed by atoms with Gasteiger partial charge in [0, 0.05) is 5.70 Å². The lowest BCUT2D eigenvalue weighted by molar-refractivity contribution is 0.594. The minimum atomic E-state index is -0.378. The summed E-state index contributed by atoms with van der Waals surface area (Å²) in [6, 6.07) is 0. The molecule has 12 heavy (non-hydrogen) atoms. The minimum absolute atomic E-state index is 0.271. The van der Waals surface area contributed by atoms with E-state index in [2.05, 4.69) is 10.2 Å². The molecule has 0 fully saturated rings. The molecule has 1 heterocycles. The Kier molecular flexibility index (Phi) is 1.36. The van der Waals surface area contributed by atoms with Crippen molar-refractivity contribution in [1.29, 1.82) is 0 Å². The second-order valence-corrected chi connectivity index (χ2v) is 2.87. The summed E-state index contributed by atoms with van der Waals surface area (Å²) < 4.78 is 13.2. The van der Waals surface area contributed by atoms with Crippen molar-refractivity contribution in [3.8, 4) is 0 Å². The van der Waals surface area contributed by atoms with E-state index >= 15 is 0 Å². The van der Waals surface area contributed by atoms with E-state index in [-0.39, 0.29) is 11.7 Å². The van der Waals surface area contributed by atoms with Crippen LogP contribution in [0, 0.1) is 5.92 Å². The molecule has 0 spiro atoms. The summed E-state index contributed by atoms with van der Waals surface area (Å²) in [6.45, 7) is 1.75. The van der Waals surface area contributed by atoms with Crippen LogP contribution in [0.2, 0.25) is 0 Å². The lowest BCUT2D eigenvalue weighted by Crippen LogP contribution is -2.21. The van der Waals surface area contributed by atoms with Crippen molar-refractivity contribution in [2.75, 3.05) is 0 Å². The lowest BCUT2D eigenvalue weighted by Gasteiger charge is -2.13. The molecule has 2 aliphatic rings. The third-order valence-corrected chi connectivity index (χ3v) is 1.93. The predicted octanol–water partition coefficient (Wildman–Crippen LogP) is 1.14. The Morgan fingerprint density at radius 3 is 2.92 bits per heavy atom. The molecule has 1 aliphatic carbocycles. The van der Waals surface area contributed by atoms with E-state index in [1.165, 1.54) is 6.08 Å². The van der Waals surface area contributed by atoms with Gasteiger partial charge in [0.05, 0.1) is 17.3 Å². The first kappa shape index (κ1) is 7.21. The number of nitrogens with two attached hydrogens (primary N) is 1. The van der Waals surface area contributed by atoms with Crippen molar-refractivity contribution < 1.29 is 4.39 Å². The quantitative estimate of drug-likeness (QED) is 0.575. The molecule has 3 nitrogen and oxygen atoms in total. The van der Waals surface area contributed by atoms with Gasteiger partial charge in [-0.3, -0.25) is 0 Å². The molecule has 0 amide bonds. The van der Waals surface area contributed by atoms with Gasteiger partial charge in [0.1, 0.15) is 5.83 Å². The van der Waals surface area contributed by atoms with Gasteiger partial charge in [-0.05, 0) is 19.1 Å². The van der Waals surface area contributed by atoms with Crippen LogP contribution < -0.4 is 5.73 Å². The molecule has 1 aliphatic heterocycles. The number of nitrogens with zero attached hydrogens (tertiary/aromatic N) is 2. The van der Waals surface area contributed by atoms with Crippen molar-refractivity contribution in [3.05, 3.63) is 23.7 Å². The van der Waals surface area contributed by atoms with Gasteiger partial charge in [0.25, 0.3) is 0 Å². The van der Waals surface area contributed by atoms with E-state index in [1.807, 2.05) is 0 Å². The molecule has 0 saturated carbocycles. The van der Waals surface area contributed by atoms with Gasteiger partial charge in [0.2, 0.25) is 0 Å². The van der Waals surface area contributed by atoms with Gasteiger partial charge in [-0.15, -0.1) is 0 Å². The molecule has 1 atom stereocenters. The molecule has 4 heteroatoms. The fourth-order valence-corrected chi connectivity index (χ4v) is 1.37. The van der Waals surface area contributed by atoms with E-state index in [4.69, 9.17) is 5.73 Å². The summed E-state index contributed by atoms with van der Waals surface area (Å²) in [5.41, 5.74) is 7.12. The zero-order chi connectivity index (χ0) is 8.72. The van der Waals surface area contributed by atoms with Crippen LogP contribution in [-0.2, 0) is 0 Å². The van der Waals surface area contributed by atoms with Crippen LogP contribution in [0.3, 0.4) is 0 Å². The maximum atomic E-state index is 13.2. The summed E-state index contributed by atoms with van der Waals surface area (Å²) in [4.78, 5) is 0. The van der Waals surface area contributed by atoms with Gasteiger partial charge in [-0.1, -0.05) is 0 Å². The Hall–Kier alpha value is -1.45. The first-order valence-corrected chi connectivity index (χ1v) is 3.65. The van der Waals surface area contributed by atoms with Crippen LogP contribution in [0.4, 0.5) is 4.39 Å². The van der Waals surface area contributed by atoms with Gasteiger partial charge >= 0.3 is 0 Å². The average Bonchev–Trinajstić information content (AvgIpc) is 2.31. The largest absolute Gasteiger partial charge is 0.399 e. The average molecular weight is 165 g/mol. The van der Waals surface area contributed by atoms with Crippen LogP contribution in [-0.4, -0.2) is 11.4 Å². The molecule has 2 rings (SSSR count). The molecule has 0 saturated heterocycles. The second-order valence-electron chi connectivity index (χ2n) is 2.87. The zero-order valence-electron chi connectivity index (χ0n) is 6.58. The van der Waals surface area contributed by atoms with E-state index in [0.29, 0.717) is 17.1 Å². The molecule has 0 aromatic carbocycles. The van der Waals surface area contributed by atoms with E-state index in [0.717, 1.165) is 0 Å². The van der Waals surface area contributed by atoms with Crippen LogP contribution in [0.15, 0.2) is 33.9 Å². The van der Waals surface area contributed by atoms with Crippen molar-refractivity contribution in [1.82, 2.24) is 0 Å². The Morgan fingerprint density at radius 1 is 1.42 bits per heavy atom. The number of allylic oxidation sites excluding steroid dienone is 3. The highest BCUT2D eigenvalue weighted by atomic mass is 19.1. The van der Waals surface area contributed by atoms with Crippen LogP contribution in [0.5, 0.6) is 0 Å². The minimum Gasteiger partial charge on any atom is -0.399 e. The van der Waals surface area contributed by atoms with Gasteiger partial charge in [-0.25, -0.2) is 4.39 Å². The van der Waals surface area contributed by atoms with Gasteiger partial charge < -0.3 is 5.73 Å². The topological polar surface area (TPSA) is 50.7 Å². The van der Waals surface area contributed by atoms with Crippen molar-refractivity contribution in [3.63, 3.8) is 0 Å². The lowest BCUT2D eigenvalue weighted by atomic mass is 9.93. The van der Waals surface area contributed by atoms with Gasteiger partial charge in [-0.2, -0.15) is 10.2 Å². The predicted molar refractivity (Wildman–Crippen MR) is 45.5 cm³/mol. The molecule has 0 unspecified atom stereocenters.